The highest BCUT2D eigenvalue weighted by Crippen LogP contribution is 2.32. The highest BCUT2D eigenvalue weighted by atomic mass is 32.2. The van der Waals surface area contributed by atoms with Crippen molar-refractivity contribution in [2.45, 2.75) is 13.8 Å². The lowest BCUT2D eigenvalue weighted by molar-refractivity contribution is -0.122. The van der Waals surface area contributed by atoms with E-state index in [-0.39, 0.29) is 12.5 Å². The smallest absolute Gasteiger partial charge is 0.266 e. The Balaban J connectivity index is 2.13. The SMILES string of the molecule is CCN=C1S/C(=C\c2ccc(OCC(N)=O)cc2)C(=O)N1CC. The number of nitrogens with two attached hydrogens (primary N) is 1. The van der Waals surface area contributed by atoms with E-state index in [1.807, 2.05) is 32.1 Å². The van der Waals surface area contributed by atoms with Crippen molar-refractivity contribution in [3.05, 3.63) is 34.7 Å². The second-order valence-electron chi connectivity index (χ2n) is 4.74. The molecule has 0 unspecified atom stereocenters. The van der Waals surface area contributed by atoms with E-state index in [4.69, 9.17) is 10.5 Å². The van der Waals surface area contributed by atoms with Crippen LogP contribution >= 0.6 is 11.8 Å². The van der Waals surface area contributed by atoms with E-state index in [0.29, 0.717) is 23.7 Å². The minimum atomic E-state index is -0.522. The molecule has 0 saturated carbocycles. The molecule has 1 heterocycles. The lowest BCUT2D eigenvalue weighted by atomic mass is 10.2. The zero-order valence-electron chi connectivity index (χ0n) is 13.1. The minimum absolute atomic E-state index is 0.0289. The molecule has 0 bridgehead atoms. The summed E-state index contributed by atoms with van der Waals surface area (Å²) in [5, 5.41) is 0.743. The molecule has 1 aromatic rings. The third-order valence-corrected chi connectivity index (χ3v) is 4.10. The molecule has 1 aliphatic rings. The molecule has 6 nitrogen and oxygen atoms in total. The zero-order valence-corrected chi connectivity index (χ0v) is 13.9. The largest absolute Gasteiger partial charge is 0.484 e. The summed E-state index contributed by atoms with van der Waals surface area (Å²) in [7, 11) is 0. The standard InChI is InChI=1S/C16H19N3O3S/c1-3-18-16-19(4-2)15(21)13(23-16)9-11-5-7-12(8-6-11)22-10-14(17)20/h5-9H,3-4,10H2,1-2H3,(H2,17,20)/b13-9-,18-16?. The van der Waals surface area contributed by atoms with Gasteiger partial charge in [0.1, 0.15) is 5.75 Å². The van der Waals surface area contributed by atoms with E-state index < -0.39 is 5.91 Å². The van der Waals surface area contributed by atoms with Gasteiger partial charge in [0, 0.05) is 13.1 Å². The van der Waals surface area contributed by atoms with E-state index in [0.717, 1.165) is 10.7 Å². The van der Waals surface area contributed by atoms with E-state index in [1.54, 1.807) is 17.0 Å². The van der Waals surface area contributed by atoms with Crippen molar-refractivity contribution in [1.82, 2.24) is 4.90 Å². The molecule has 1 fully saturated rings. The second kappa shape index (κ2) is 7.82. The number of amidine groups is 1. The van der Waals surface area contributed by atoms with Crippen LogP contribution < -0.4 is 10.5 Å². The number of carbonyl (C=O) groups excluding carboxylic acids is 2. The fourth-order valence-corrected chi connectivity index (χ4v) is 3.11. The van der Waals surface area contributed by atoms with E-state index >= 15 is 0 Å². The maximum Gasteiger partial charge on any atom is 0.266 e. The summed E-state index contributed by atoms with van der Waals surface area (Å²) in [6, 6.07) is 7.11. The molecule has 7 heteroatoms. The Labute approximate surface area is 139 Å². The van der Waals surface area contributed by atoms with Crippen LogP contribution in [0.2, 0.25) is 0 Å². The van der Waals surface area contributed by atoms with Gasteiger partial charge in [-0.15, -0.1) is 0 Å². The average molecular weight is 333 g/mol. The van der Waals surface area contributed by atoms with Crippen molar-refractivity contribution in [3.8, 4) is 5.75 Å². The molecular weight excluding hydrogens is 314 g/mol. The predicted octanol–water partition coefficient (Wildman–Crippen LogP) is 1.86. The Morgan fingerprint density at radius 1 is 1.35 bits per heavy atom. The number of carbonyl (C=O) groups is 2. The first kappa shape index (κ1) is 17.1. The van der Waals surface area contributed by atoms with Crippen molar-refractivity contribution >= 4 is 34.8 Å². The van der Waals surface area contributed by atoms with Crippen LogP contribution in [0, 0.1) is 0 Å². The molecule has 122 valence electrons. The minimum Gasteiger partial charge on any atom is -0.484 e. The van der Waals surface area contributed by atoms with Crippen LogP contribution in [-0.2, 0) is 9.59 Å². The topological polar surface area (TPSA) is 85.0 Å². The number of nitrogens with zero attached hydrogens (tertiary/aromatic N) is 2. The van der Waals surface area contributed by atoms with Crippen molar-refractivity contribution in [1.29, 1.82) is 0 Å². The number of rotatable bonds is 6. The molecule has 23 heavy (non-hydrogen) atoms. The number of likely N-dealkylation sites (N-methyl/N-ethyl adjacent to an activating group) is 1. The fourth-order valence-electron chi connectivity index (χ4n) is 2.01. The molecule has 1 aromatic carbocycles. The molecule has 1 aliphatic heterocycles. The quantitative estimate of drug-likeness (QED) is 0.805. The van der Waals surface area contributed by atoms with Gasteiger partial charge in [-0.25, -0.2) is 0 Å². The third kappa shape index (κ3) is 4.35. The molecule has 2 rings (SSSR count). The van der Waals surface area contributed by atoms with Crippen LogP contribution in [0.4, 0.5) is 0 Å². The van der Waals surface area contributed by atoms with Gasteiger partial charge in [0.2, 0.25) is 0 Å². The first-order valence-electron chi connectivity index (χ1n) is 7.32. The predicted molar refractivity (Wildman–Crippen MR) is 92.1 cm³/mol. The molecular formula is C16H19N3O3S. The van der Waals surface area contributed by atoms with Gasteiger partial charge >= 0.3 is 0 Å². The van der Waals surface area contributed by atoms with Crippen molar-refractivity contribution in [2.24, 2.45) is 10.7 Å². The highest BCUT2D eigenvalue weighted by Gasteiger charge is 2.31. The van der Waals surface area contributed by atoms with Crippen LogP contribution in [0.3, 0.4) is 0 Å². The van der Waals surface area contributed by atoms with E-state index in [2.05, 4.69) is 4.99 Å². The van der Waals surface area contributed by atoms with Gasteiger partial charge in [-0.1, -0.05) is 12.1 Å². The first-order chi connectivity index (χ1) is 11.0. The van der Waals surface area contributed by atoms with Gasteiger partial charge in [-0.3, -0.25) is 19.5 Å². The van der Waals surface area contributed by atoms with Gasteiger partial charge in [-0.05, 0) is 49.4 Å². The molecule has 2 N–H and O–H groups in total. The zero-order chi connectivity index (χ0) is 16.8. The Morgan fingerprint density at radius 2 is 2.04 bits per heavy atom. The van der Waals surface area contributed by atoms with E-state index in [9.17, 15) is 9.59 Å². The number of primary amides is 1. The summed E-state index contributed by atoms with van der Waals surface area (Å²) in [4.78, 5) is 29.7. The third-order valence-electron chi connectivity index (χ3n) is 3.06. The van der Waals surface area contributed by atoms with E-state index in [1.165, 1.54) is 11.8 Å². The number of hydrogen-bond donors (Lipinski definition) is 1. The van der Waals surface area contributed by atoms with Crippen LogP contribution in [0.1, 0.15) is 19.4 Å². The van der Waals surface area contributed by atoms with Gasteiger partial charge in [-0.2, -0.15) is 0 Å². The lowest BCUT2D eigenvalue weighted by Crippen LogP contribution is -2.28. The van der Waals surface area contributed by atoms with Crippen LogP contribution in [0.15, 0.2) is 34.2 Å². The molecule has 0 atom stereocenters. The highest BCUT2D eigenvalue weighted by molar-refractivity contribution is 8.18. The number of aliphatic imine (C=N–C) groups is 1. The summed E-state index contributed by atoms with van der Waals surface area (Å²) < 4.78 is 5.20. The van der Waals surface area contributed by atoms with Crippen LogP contribution in [0.5, 0.6) is 5.75 Å². The Bertz CT molecular complexity index is 653. The second-order valence-corrected chi connectivity index (χ2v) is 5.75. The van der Waals surface area contributed by atoms with Crippen LogP contribution in [0.25, 0.3) is 6.08 Å². The molecule has 0 aromatic heterocycles. The maximum atomic E-state index is 12.4. The monoisotopic (exact) mass is 333 g/mol. The lowest BCUT2D eigenvalue weighted by Gasteiger charge is -2.11. The number of thioether (sulfide) groups is 1. The van der Waals surface area contributed by atoms with Gasteiger partial charge in [0.05, 0.1) is 4.91 Å². The normalized spacial score (nSPS) is 18.0. The summed E-state index contributed by atoms with van der Waals surface area (Å²) in [6.45, 7) is 4.96. The number of hydrogen-bond acceptors (Lipinski definition) is 5. The van der Waals surface area contributed by atoms with Gasteiger partial charge in [0.25, 0.3) is 11.8 Å². The Kier molecular flexibility index (Phi) is 5.81. The summed E-state index contributed by atoms with van der Waals surface area (Å²) >= 11 is 1.38. The summed E-state index contributed by atoms with van der Waals surface area (Å²) in [6.07, 6.45) is 1.83. The van der Waals surface area contributed by atoms with Gasteiger partial charge in [0.15, 0.2) is 11.8 Å². The molecule has 1 saturated heterocycles. The molecule has 0 spiro atoms. The number of ether oxygens (including phenoxy) is 1. The van der Waals surface area contributed by atoms with Crippen molar-refractivity contribution < 1.29 is 14.3 Å². The Hall–Kier alpha value is -2.28. The molecule has 0 aliphatic carbocycles. The number of benzene rings is 1. The fraction of sp³-hybridized carbons (Fsp3) is 0.312. The Morgan fingerprint density at radius 3 is 2.61 bits per heavy atom. The summed E-state index contributed by atoms with van der Waals surface area (Å²) in [5.74, 6) is 0.00469. The molecule has 2 amide bonds. The van der Waals surface area contributed by atoms with Gasteiger partial charge < -0.3 is 10.5 Å². The molecule has 0 radical (unpaired) electrons. The van der Waals surface area contributed by atoms with Crippen molar-refractivity contribution in [3.63, 3.8) is 0 Å². The van der Waals surface area contributed by atoms with Crippen LogP contribution in [-0.4, -0.2) is 41.6 Å². The first-order valence-corrected chi connectivity index (χ1v) is 8.13. The maximum absolute atomic E-state index is 12.4. The summed E-state index contributed by atoms with van der Waals surface area (Å²) in [5.41, 5.74) is 5.90. The number of amides is 2. The van der Waals surface area contributed by atoms with Crippen molar-refractivity contribution in [2.75, 3.05) is 19.7 Å². The average Bonchev–Trinajstić information content (AvgIpc) is 2.82.